The van der Waals surface area contributed by atoms with Gasteiger partial charge in [0.2, 0.25) is 0 Å². The van der Waals surface area contributed by atoms with Crippen molar-refractivity contribution < 1.29 is 4.74 Å². The molecule has 1 heterocycles. The van der Waals surface area contributed by atoms with Crippen molar-refractivity contribution in [2.24, 2.45) is 0 Å². The van der Waals surface area contributed by atoms with Gasteiger partial charge in [0.15, 0.2) is 0 Å². The molecule has 0 radical (unpaired) electrons. The Morgan fingerprint density at radius 2 is 2.36 bits per heavy atom. The lowest BCUT2D eigenvalue weighted by Crippen LogP contribution is -2.33. The Balaban J connectivity index is 2.47. The zero-order valence-corrected chi connectivity index (χ0v) is 9.93. The SMILES string of the molecule is CCC(NC(C)COC)c1cccs1. The molecule has 0 aliphatic heterocycles. The maximum absolute atomic E-state index is 5.11. The van der Waals surface area contributed by atoms with Crippen LogP contribution >= 0.6 is 11.3 Å². The van der Waals surface area contributed by atoms with E-state index in [0.717, 1.165) is 13.0 Å². The molecule has 2 atom stereocenters. The van der Waals surface area contributed by atoms with E-state index in [9.17, 15) is 0 Å². The Morgan fingerprint density at radius 3 is 2.86 bits per heavy atom. The Hall–Kier alpha value is -0.380. The molecule has 0 aliphatic rings. The van der Waals surface area contributed by atoms with Gasteiger partial charge in [-0.1, -0.05) is 13.0 Å². The number of nitrogens with one attached hydrogen (secondary N) is 1. The van der Waals surface area contributed by atoms with Gasteiger partial charge >= 0.3 is 0 Å². The van der Waals surface area contributed by atoms with E-state index in [1.807, 2.05) is 11.3 Å². The third-order valence-corrected chi connectivity index (χ3v) is 3.18. The van der Waals surface area contributed by atoms with Gasteiger partial charge in [0, 0.05) is 24.1 Å². The fourth-order valence-electron chi connectivity index (χ4n) is 1.53. The van der Waals surface area contributed by atoms with E-state index in [0.29, 0.717) is 12.1 Å². The summed E-state index contributed by atoms with van der Waals surface area (Å²) in [4.78, 5) is 1.41. The zero-order valence-electron chi connectivity index (χ0n) is 9.12. The second-order valence-corrected chi connectivity index (χ2v) is 4.48. The van der Waals surface area contributed by atoms with E-state index in [4.69, 9.17) is 4.74 Å². The maximum atomic E-state index is 5.11. The predicted octanol–water partition coefficient (Wildman–Crippen LogP) is 2.82. The number of ether oxygens (including phenoxy) is 1. The number of rotatable bonds is 6. The van der Waals surface area contributed by atoms with Crippen LogP contribution in [0.3, 0.4) is 0 Å². The molecule has 0 saturated carbocycles. The van der Waals surface area contributed by atoms with E-state index in [1.54, 1.807) is 7.11 Å². The Kier molecular flexibility index (Phi) is 5.15. The molecule has 14 heavy (non-hydrogen) atoms. The Morgan fingerprint density at radius 1 is 1.57 bits per heavy atom. The summed E-state index contributed by atoms with van der Waals surface area (Å²) in [6.07, 6.45) is 1.12. The monoisotopic (exact) mass is 213 g/mol. The van der Waals surface area contributed by atoms with Gasteiger partial charge in [0.05, 0.1) is 6.61 Å². The highest BCUT2D eigenvalue weighted by Gasteiger charge is 2.12. The summed E-state index contributed by atoms with van der Waals surface area (Å²) < 4.78 is 5.11. The van der Waals surface area contributed by atoms with Crippen LogP contribution in [0.15, 0.2) is 17.5 Å². The van der Waals surface area contributed by atoms with E-state index in [2.05, 4.69) is 36.7 Å². The normalized spacial score (nSPS) is 15.4. The van der Waals surface area contributed by atoms with Crippen molar-refractivity contribution in [3.8, 4) is 0 Å². The molecule has 80 valence electrons. The van der Waals surface area contributed by atoms with Crippen molar-refractivity contribution in [3.05, 3.63) is 22.4 Å². The van der Waals surface area contributed by atoms with Crippen LogP contribution in [0, 0.1) is 0 Å². The van der Waals surface area contributed by atoms with Gasteiger partial charge in [-0.25, -0.2) is 0 Å². The number of hydrogen-bond acceptors (Lipinski definition) is 3. The quantitative estimate of drug-likeness (QED) is 0.784. The average Bonchev–Trinajstić information content (AvgIpc) is 2.67. The van der Waals surface area contributed by atoms with Gasteiger partial charge < -0.3 is 10.1 Å². The summed E-state index contributed by atoms with van der Waals surface area (Å²) in [7, 11) is 1.74. The highest BCUT2D eigenvalue weighted by Crippen LogP contribution is 2.21. The third kappa shape index (κ3) is 3.40. The standard InChI is InChI=1S/C11H19NOS/c1-4-10(11-6-5-7-14-11)12-9(2)8-13-3/h5-7,9-10,12H,4,8H2,1-3H3. The van der Waals surface area contributed by atoms with Gasteiger partial charge in [-0.3, -0.25) is 0 Å². The Bertz CT molecular complexity index is 235. The smallest absolute Gasteiger partial charge is 0.0613 e. The second kappa shape index (κ2) is 6.17. The summed E-state index contributed by atoms with van der Waals surface area (Å²) in [5.41, 5.74) is 0. The molecule has 1 rings (SSSR count). The van der Waals surface area contributed by atoms with Crippen LogP contribution < -0.4 is 5.32 Å². The molecule has 0 aromatic carbocycles. The van der Waals surface area contributed by atoms with Crippen molar-refractivity contribution in [2.75, 3.05) is 13.7 Å². The lowest BCUT2D eigenvalue weighted by Gasteiger charge is -2.20. The minimum Gasteiger partial charge on any atom is -0.383 e. The van der Waals surface area contributed by atoms with Gasteiger partial charge in [0.25, 0.3) is 0 Å². The number of thiophene rings is 1. The van der Waals surface area contributed by atoms with E-state index in [-0.39, 0.29) is 0 Å². The molecule has 0 bridgehead atoms. The van der Waals surface area contributed by atoms with Crippen LogP contribution in [0.5, 0.6) is 0 Å². The highest BCUT2D eigenvalue weighted by atomic mass is 32.1. The minimum atomic E-state index is 0.409. The van der Waals surface area contributed by atoms with Crippen LogP contribution in [0.2, 0.25) is 0 Å². The molecule has 1 N–H and O–H groups in total. The van der Waals surface area contributed by atoms with E-state index in [1.165, 1.54) is 4.88 Å². The third-order valence-electron chi connectivity index (χ3n) is 2.20. The van der Waals surface area contributed by atoms with Crippen LogP contribution in [-0.4, -0.2) is 19.8 Å². The number of methoxy groups -OCH3 is 1. The second-order valence-electron chi connectivity index (χ2n) is 3.50. The molecule has 1 aromatic heterocycles. The van der Waals surface area contributed by atoms with Gasteiger partial charge in [0.1, 0.15) is 0 Å². The summed E-state index contributed by atoms with van der Waals surface area (Å²) in [6, 6.07) is 5.17. The largest absolute Gasteiger partial charge is 0.383 e. The number of hydrogen-bond donors (Lipinski definition) is 1. The molecule has 0 spiro atoms. The first kappa shape index (κ1) is 11.7. The fourth-order valence-corrected chi connectivity index (χ4v) is 2.40. The molecular formula is C11H19NOS. The molecular weight excluding hydrogens is 194 g/mol. The van der Waals surface area contributed by atoms with Gasteiger partial charge in [-0.15, -0.1) is 11.3 Å². The summed E-state index contributed by atoms with van der Waals surface area (Å²) in [5.74, 6) is 0. The highest BCUT2D eigenvalue weighted by molar-refractivity contribution is 7.10. The summed E-state index contributed by atoms with van der Waals surface area (Å²) >= 11 is 1.81. The van der Waals surface area contributed by atoms with Crippen molar-refractivity contribution in [1.82, 2.24) is 5.32 Å². The molecule has 0 amide bonds. The van der Waals surface area contributed by atoms with Crippen LogP contribution in [0.1, 0.15) is 31.2 Å². The summed E-state index contributed by atoms with van der Waals surface area (Å²) in [6.45, 7) is 5.12. The molecule has 2 nitrogen and oxygen atoms in total. The lowest BCUT2D eigenvalue weighted by molar-refractivity contribution is 0.166. The van der Waals surface area contributed by atoms with Gasteiger partial charge in [-0.2, -0.15) is 0 Å². The fraction of sp³-hybridized carbons (Fsp3) is 0.636. The lowest BCUT2D eigenvalue weighted by atomic mass is 10.1. The first-order valence-electron chi connectivity index (χ1n) is 5.06. The van der Waals surface area contributed by atoms with Gasteiger partial charge in [-0.05, 0) is 24.8 Å². The molecule has 0 fully saturated rings. The van der Waals surface area contributed by atoms with Crippen LogP contribution in [0.25, 0.3) is 0 Å². The zero-order chi connectivity index (χ0) is 10.4. The Labute approximate surface area is 90.3 Å². The molecule has 1 aromatic rings. The molecule has 0 aliphatic carbocycles. The van der Waals surface area contributed by atoms with Crippen molar-refractivity contribution in [2.45, 2.75) is 32.4 Å². The van der Waals surface area contributed by atoms with Crippen molar-refractivity contribution in [3.63, 3.8) is 0 Å². The van der Waals surface area contributed by atoms with Crippen LogP contribution in [-0.2, 0) is 4.74 Å². The minimum absolute atomic E-state index is 0.409. The van der Waals surface area contributed by atoms with E-state index < -0.39 is 0 Å². The molecule has 0 saturated heterocycles. The first-order valence-corrected chi connectivity index (χ1v) is 5.94. The summed E-state index contributed by atoms with van der Waals surface area (Å²) in [5, 5.41) is 5.68. The van der Waals surface area contributed by atoms with Crippen molar-refractivity contribution >= 4 is 11.3 Å². The molecule has 3 heteroatoms. The maximum Gasteiger partial charge on any atom is 0.0613 e. The predicted molar refractivity (Wildman–Crippen MR) is 61.8 cm³/mol. The van der Waals surface area contributed by atoms with Crippen LogP contribution in [0.4, 0.5) is 0 Å². The van der Waals surface area contributed by atoms with Crippen molar-refractivity contribution in [1.29, 1.82) is 0 Å². The van der Waals surface area contributed by atoms with E-state index >= 15 is 0 Å². The topological polar surface area (TPSA) is 21.3 Å². The molecule has 2 unspecified atom stereocenters. The first-order chi connectivity index (χ1) is 6.77. The average molecular weight is 213 g/mol.